The van der Waals surface area contributed by atoms with Crippen molar-refractivity contribution in [3.05, 3.63) is 0 Å². The van der Waals surface area contributed by atoms with Crippen LogP contribution in [0.25, 0.3) is 0 Å². The van der Waals surface area contributed by atoms with Gasteiger partial charge in [-0.2, -0.15) is 0 Å². The number of amides is 1. The second-order valence-electron chi connectivity index (χ2n) is 9.83. The van der Waals surface area contributed by atoms with E-state index in [0.717, 1.165) is 6.29 Å². The molecule has 0 spiro atoms. The Kier molecular flexibility index (Phi) is 6.16. The van der Waals surface area contributed by atoms with Crippen molar-refractivity contribution in [2.75, 3.05) is 6.61 Å². The smallest absolute Gasteiger partial charge is 0.411 e. The van der Waals surface area contributed by atoms with Gasteiger partial charge in [0, 0.05) is 5.92 Å². The van der Waals surface area contributed by atoms with E-state index in [1.54, 1.807) is 55.4 Å². The van der Waals surface area contributed by atoms with Gasteiger partial charge in [0.1, 0.15) is 29.6 Å². The summed E-state index contributed by atoms with van der Waals surface area (Å²) in [6.45, 7) is 14.2. The first-order valence-corrected chi connectivity index (χ1v) is 9.65. The maximum Gasteiger partial charge on any atom is 0.411 e. The van der Waals surface area contributed by atoms with Crippen molar-refractivity contribution >= 4 is 18.3 Å². The summed E-state index contributed by atoms with van der Waals surface area (Å²) in [5.41, 5.74) is -1.48. The average Bonchev–Trinajstić information content (AvgIpc) is 3.03. The summed E-state index contributed by atoms with van der Waals surface area (Å²) in [5, 5.41) is 0. The second-order valence-corrected chi connectivity index (χ2v) is 9.83. The van der Waals surface area contributed by atoms with Gasteiger partial charge in [-0.05, 0) is 61.8 Å². The first-order chi connectivity index (χ1) is 12.6. The predicted molar refractivity (Wildman–Crippen MR) is 101 cm³/mol. The summed E-state index contributed by atoms with van der Waals surface area (Å²) in [7, 11) is 0. The molecule has 0 aromatic carbocycles. The van der Waals surface area contributed by atoms with Gasteiger partial charge in [-0.25, -0.2) is 9.59 Å². The lowest BCUT2D eigenvalue weighted by molar-refractivity contribution is -0.162. The SMILES string of the molecule is CC(C)(C)OC(=O)[C@H]1C[C@@H](C=O)[C@H](C2COC(C)(C)O2)N1C(=O)OC(C)(C)C. The Balaban J connectivity index is 2.37. The molecule has 160 valence electrons. The largest absolute Gasteiger partial charge is 0.458 e. The van der Waals surface area contributed by atoms with Crippen molar-refractivity contribution in [3.63, 3.8) is 0 Å². The Morgan fingerprint density at radius 2 is 1.64 bits per heavy atom. The number of hydrogen-bond donors (Lipinski definition) is 0. The van der Waals surface area contributed by atoms with Gasteiger partial charge in [0.25, 0.3) is 0 Å². The molecule has 0 N–H and O–H groups in total. The summed E-state index contributed by atoms with van der Waals surface area (Å²) in [5.74, 6) is -1.99. The van der Waals surface area contributed by atoms with Crippen molar-refractivity contribution in [3.8, 4) is 0 Å². The number of hydrogen-bond acceptors (Lipinski definition) is 7. The zero-order chi connectivity index (χ0) is 21.5. The van der Waals surface area contributed by atoms with Crippen LogP contribution in [0.15, 0.2) is 0 Å². The normalized spacial score (nSPS) is 30.2. The number of nitrogens with zero attached hydrogens (tertiary/aromatic N) is 1. The molecule has 2 fully saturated rings. The predicted octanol–water partition coefficient (Wildman–Crippen LogP) is 2.67. The average molecular weight is 399 g/mol. The van der Waals surface area contributed by atoms with E-state index in [-0.39, 0.29) is 13.0 Å². The van der Waals surface area contributed by atoms with E-state index in [9.17, 15) is 14.4 Å². The molecule has 0 aliphatic carbocycles. The van der Waals surface area contributed by atoms with Gasteiger partial charge in [-0.3, -0.25) is 4.90 Å². The van der Waals surface area contributed by atoms with Crippen LogP contribution < -0.4 is 0 Å². The highest BCUT2D eigenvalue weighted by Crippen LogP contribution is 2.38. The van der Waals surface area contributed by atoms with Gasteiger partial charge in [-0.1, -0.05) is 0 Å². The molecule has 8 heteroatoms. The molecular formula is C20H33NO7. The van der Waals surface area contributed by atoms with Crippen molar-refractivity contribution in [1.82, 2.24) is 4.90 Å². The topological polar surface area (TPSA) is 91.4 Å². The zero-order valence-electron chi connectivity index (χ0n) is 18.1. The van der Waals surface area contributed by atoms with E-state index in [1.165, 1.54) is 4.90 Å². The van der Waals surface area contributed by atoms with Crippen LogP contribution in [0.3, 0.4) is 0 Å². The molecule has 0 aromatic heterocycles. The van der Waals surface area contributed by atoms with E-state index < -0.39 is 53.2 Å². The van der Waals surface area contributed by atoms with Crippen LogP contribution in [0.4, 0.5) is 4.79 Å². The van der Waals surface area contributed by atoms with Gasteiger partial charge in [0.05, 0.1) is 12.6 Å². The lowest BCUT2D eigenvalue weighted by atomic mass is 9.96. The standard InChI is InChI=1S/C20H33NO7/c1-18(2,3)27-16(23)13-9-12(10-22)15(14-11-25-20(7,8)26-14)21(13)17(24)28-19(4,5)6/h10,12-15H,9,11H2,1-8H3/t12-,13+,14?,15+/m0/s1. The molecule has 2 aliphatic rings. The lowest BCUT2D eigenvalue weighted by Gasteiger charge is -2.35. The maximum atomic E-state index is 13.0. The van der Waals surface area contributed by atoms with Crippen molar-refractivity contribution in [2.24, 2.45) is 5.92 Å². The van der Waals surface area contributed by atoms with Crippen molar-refractivity contribution < 1.29 is 33.3 Å². The van der Waals surface area contributed by atoms with Gasteiger partial charge in [0.2, 0.25) is 0 Å². The number of rotatable bonds is 3. The molecule has 2 heterocycles. The number of ether oxygens (including phenoxy) is 4. The minimum atomic E-state index is -0.929. The summed E-state index contributed by atoms with van der Waals surface area (Å²) < 4.78 is 22.6. The van der Waals surface area contributed by atoms with Crippen LogP contribution in [-0.2, 0) is 28.5 Å². The van der Waals surface area contributed by atoms with E-state index in [1.807, 2.05) is 0 Å². The molecule has 2 rings (SSSR count). The lowest BCUT2D eigenvalue weighted by Crippen LogP contribution is -2.53. The third-order valence-electron chi connectivity index (χ3n) is 4.46. The Hall–Kier alpha value is -1.67. The molecule has 28 heavy (non-hydrogen) atoms. The second kappa shape index (κ2) is 7.63. The summed E-state index contributed by atoms with van der Waals surface area (Å²) in [6.07, 6.45) is -0.305. The number of esters is 1. The monoisotopic (exact) mass is 399 g/mol. The maximum absolute atomic E-state index is 13.0. The first kappa shape index (κ1) is 22.6. The summed E-state index contributed by atoms with van der Waals surface area (Å²) in [4.78, 5) is 39.0. The van der Waals surface area contributed by atoms with E-state index in [0.29, 0.717) is 0 Å². The molecule has 1 amide bonds. The minimum absolute atomic E-state index is 0.155. The highest BCUT2D eigenvalue weighted by atomic mass is 16.7. The quantitative estimate of drug-likeness (QED) is 0.532. The fraction of sp³-hybridized carbons (Fsp3) is 0.850. The minimum Gasteiger partial charge on any atom is -0.458 e. The van der Waals surface area contributed by atoms with Crippen LogP contribution >= 0.6 is 0 Å². The molecule has 0 radical (unpaired) electrons. The molecule has 0 saturated carbocycles. The Morgan fingerprint density at radius 3 is 2.07 bits per heavy atom. The summed E-state index contributed by atoms with van der Waals surface area (Å²) >= 11 is 0. The Labute approximate surface area is 166 Å². The molecule has 8 nitrogen and oxygen atoms in total. The highest BCUT2D eigenvalue weighted by molar-refractivity contribution is 5.84. The first-order valence-electron chi connectivity index (χ1n) is 9.65. The van der Waals surface area contributed by atoms with E-state index in [2.05, 4.69) is 0 Å². The number of carbonyl (C=O) groups is 3. The molecule has 0 bridgehead atoms. The zero-order valence-corrected chi connectivity index (χ0v) is 18.1. The molecule has 1 unspecified atom stereocenters. The third kappa shape index (κ3) is 5.44. The van der Waals surface area contributed by atoms with Crippen LogP contribution in [0.5, 0.6) is 0 Å². The summed E-state index contributed by atoms with van der Waals surface area (Å²) in [6, 6.07) is -1.60. The highest BCUT2D eigenvalue weighted by Gasteiger charge is 2.55. The molecule has 2 aliphatic heterocycles. The van der Waals surface area contributed by atoms with Gasteiger partial charge >= 0.3 is 12.1 Å². The number of carbonyl (C=O) groups excluding carboxylic acids is 3. The molecule has 4 atom stereocenters. The fourth-order valence-corrected chi connectivity index (χ4v) is 3.54. The van der Waals surface area contributed by atoms with Crippen LogP contribution in [0.1, 0.15) is 61.8 Å². The van der Waals surface area contributed by atoms with Gasteiger partial charge in [0.15, 0.2) is 5.79 Å². The van der Waals surface area contributed by atoms with Crippen LogP contribution in [0, 0.1) is 5.92 Å². The van der Waals surface area contributed by atoms with Gasteiger partial charge < -0.3 is 23.7 Å². The van der Waals surface area contributed by atoms with Crippen molar-refractivity contribution in [1.29, 1.82) is 0 Å². The fourth-order valence-electron chi connectivity index (χ4n) is 3.54. The van der Waals surface area contributed by atoms with Crippen LogP contribution in [-0.4, -0.2) is 65.0 Å². The Morgan fingerprint density at radius 1 is 1.07 bits per heavy atom. The number of likely N-dealkylation sites (tertiary alicyclic amines) is 1. The van der Waals surface area contributed by atoms with Crippen LogP contribution in [0.2, 0.25) is 0 Å². The molecular weight excluding hydrogens is 366 g/mol. The van der Waals surface area contributed by atoms with Crippen molar-refractivity contribution in [2.45, 2.75) is 97.0 Å². The van der Waals surface area contributed by atoms with Gasteiger partial charge in [-0.15, -0.1) is 0 Å². The molecule has 2 saturated heterocycles. The molecule has 0 aromatic rings. The number of aldehydes is 1. The third-order valence-corrected chi connectivity index (χ3v) is 4.46. The van der Waals surface area contributed by atoms with E-state index in [4.69, 9.17) is 18.9 Å². The van der Waals surface area contributed by atoms with E-state index >= 15 is 0 Å². The Bertz CT molecular complexity index is 617.